The van der Waals surface area contributed by atoms with Crippen molar-refractivity contribution in [2.45, 2.75) is 33.7 Å². The summed E-state index contributed by atoms with van der Waals surface area (Å²) >= 11 is 0. The van der Waals surface area contributed by atoms with Gasteiger partial charge in [0.1, 0.15) is 0 Å². The molecule has 98 valence electrons. The summed E-state index contributed by atoms with van der Waals surface area (Å²) in [7, 11) is 0. The monoisotopic (exact) mass is 242 g/mol. The van der Waals surface area contributed by atoms with Crippen molar-refractivity contribution >= 4 is 11.9 Å². The van der Waals surface area contributed by atoms with Crippen LogP contribution in [-0.4, -0.2) is 36.1 Å². The largest absolute Gasteiger partial charge is 0.478 e. The van der Waals surface area contributed by atoms with E-state index in [1.54, 1.807) is 13.0 Å². The minimum absolute atomic E-state index is 0.0694. The van der Waals surface area contributed by atoms with Crippen LogP contribution >= 0.6 is 0 Å². The first-order valence-corrected chi connectivity index (χ1v) is 5.75. The standard InChI is InChI=1S/C12H22N2O3/c1-8(2)7-14-11(15)10(4)13-6-5-9(3)12(16)17/h5,8,10,13H,6-7H2,1-4H3,(H,14,15)(H,16,17)/b9-5-. The van der Waals surface area contributed by atoms with Gasteiger partial charge in [0.2, 0.25) is 5.91 Å². The van der Waals surface area contributed by atoms with Crippen LogP contribution in [0.25, 0.3) is 0 Å². The number of amides is 1. The zero-order valence-corrected chi connectivity index (χ0v) is 10.9. The fourth-order valence-electron chi connectivity index (χ4n) is 1.03. The lowest BCUT2D eigenvalue weighted by Gasteiger charge is -2.14. The van der Waals surface area contributed by atoms with Gasteiger partial charge in [-0.1, -0.05) is 19.9 Å². The molecule has 0 spiro atoms. The third kappa shape index (κ3) is 7.52. The number of carboxylic acid groups (broad SMARTS) is 1. The lowest BCUT2D eigenvalue weighted by atomic mass is 10.2. The van der Waals surface area contributed by atoms with Crippen LogP contribution in [0.3, 0.4) is 0 Å². The van der Waals surface area contributed by atoms with Gasteiger partial charge in [-0.2, -0.15) is 0 Å². The van der Waals surface area contributed by atoms with Crippen molar-refractivity contribution in [3.8, 4) is 0 Å². The minimum atomic E-state index is -0.941. The normalized spacial score (nSPS) is 13.6. The third-order valence-corrected chi connectivity index (χ3v) is 2.25. The second-order valence-corrected chi connectivity index (χ2v) is 4.46. The number of nitrogens with one attached hydrogen (secondary N) is 2. The first-order chi connectivity index (χ1) is 7.84. The van der Waals surface area contributed by atoms with E-state index in [-0.39, 0.29) is 17.5 Å². The lowest BCUT2D eigenvalue weighted by molar-refractivity contribution is -0.132. The van der Waals surface area contributed by atoms with Crippen LogP contribution in [0.15, 0.2) is 11.6 Å². The number of hydrogen-bond acceptors (Lipinski definition) is 3. The highest BCUT2D eigenvalue weighted by molar-refractivity contribution is 5.85. The maximum atomic E-state index is 11.5. The van der Waals surface area contributed by atoms with Crippen molar-refractivity contribution in [1.29, 1.82) is 0 Å². The van der Waals surface area contributed by atoms with Gasteiger partial charge in [-0.15, -0.1) is 0 Å². The molecule has 1 amide bonds. The fraction of sp³-hybridized carbons (Fsp3) is 0.667. The van der Waals surface area contributed by atoms with E-state index < -0.39 is 5.97 Å². The van der Waals surface area contributed by atoms with Crippen molar-refractivity contribution in [1.82, 2.24) is 10.6 Å². The number of carboxylic acids is 1. The first-order valence-electron chi connectivity index (χ1n) is 5.75. The number of carbonyl (C=O) groups excluding carboxylic acids is 1. The second kappa shape index (κ2) is 7.84. The van der Waals surface area contributed by atoms with Crippen LogP contribution in [0.4, 0.5) is 0 Å². The van der Waals surface area contributed by atoms with Crippen LogP contribution in [-0.2, 0) is 9.59 Å². The fourth-order valence-corrected chi connectivity index (χ4v) is 1.03. The first kappa shape index (κ1) is 15.6. The summed E-state index contributed by atoms with van der Waals surface area (Å²) in [5.41, 5.74) is 0.271. The molecular formula is C12H22N2O3. The van der Waals surface area contributed by atoms with E-state index in [2.05, 4.69) is 10.6 Å². The molecule has 0 saturated carbocycles. The van der Waals surface area contributed by atoms with Gasteiger partial charge in [-0.3, -0.25) is 4.79 Å². The van der Waals surface area contributed by atoms with Gasteiger partial charge in [-0.05, 0) is 19.8 Å². The Hall–Kier alpha value is -1.36. The van der Waals surface area contributed by atoms with Crippen molar-refractivity contribution in [2.75, 3.05) is 13.1 Å². The van der Waals surface area contributed by atoms with Crippen LogP contribution < -0.4 is 10.6 Å². The van der Waals surface area contributed by atoms with E-state index in [9.17, 15) is 9.59 Å². The van der Waals surface area contributed by atoms with Crippen LogP contribution in [0.1, 0.15) is 27.7 Å². The van der Waals surface area contributed by atoms with Gasteiger partial charge in [0.15, 0.2) is 0 Å². The van der Waals surface area contributed by atoms with Crippen molar-refractivity contribution in [3.63, 3.8) is 0 Å². The molecule has 0 aromatic rings. The lowest BCUT2D eigenvalue weighted by Crippen LogP contribution is -2.43. The van der Waals surface area contributed by atoms with Crippen molar-refractivity contribution in [2.24, 2.45) is 5.92 Å². The Morgan fingerprint density at radius 1 is 1.29 bits per heavy atom. The molecule has 0 aliphatic carbocycles. The highest BCUT2D eigenvalue weighted by Crippen LogP contribution is 1.92. The molecule has 1 unspecified atom stereocenters. The Labute approximate surface area is 102 Å². The van der Waals surface area contributed by atoms with Crippen molar-refractivity contribution < 1.29 is 14.7 Å². The second-order valence-electron chi connectivity index (χ2n) is 4.46. The number of aliphatic carboxylic acids is 1. The van der Waals surface area contributed by atoms with Gasteiger partial charge in [0.25, 0.3) is 0 Å². The molecule has 17 heavy (non-hydrogen) atoms. The maximum Gasteiger partial charge on any atom is 0.330 e. The summed E-state index contributed by atoms with van der Waals surface area (Å²) in [4.78, 5) is 22.1. The Balaban J connectivity index is 3.93. The Morgan fingerprint density at radius 2 is 1.88 bits per heavy atom. The predicted octanol–water partition coefficient (Wildman–Crippen LogP) is 0.768. The molecule has 0 aliphatic heterocycles. The van der Waals surface area contributed by atoms with E-state index in [1.807, 2.05) is 13.8 Å². The van der Waals surface area contributed by atoms with Gasteiger partial charge in [0.05, 0.1) is 6.04 Å². The molecule has 1 atom stereocenters. The van der Waals surface area contributed by atoms with Crippen LogP contribution in [0.2, 0.25) is 0 Å². The maximum absolute atomic E-state index is 11.5. The predicted molar refractivity (Wildman–Crippen MR) is 66.7 cm³/mol. The number of rotatable bonds is 7. The van der Waals surface area contributed by atoms with E-state index in [0.717, 1.165) is 0 Å². The molecule has 5 heteroatoms. The topological polar surface area (TPSA) is 78.4 Å². The van der Waals surface area contributed by atoms with E-state index in [0.29, 0.717) is 19.0 Å². The molecule has 5 nitrogen and oxygen atoms in total. The molecule has 3 N–H and O–H groups in total. The molecule has 0 radical (unpaired) electrons. The van der Waals surface area contributed by atoms with Gasteiger partial charge < -0.3 is 15.7 Å². The van der Waals surface area contributed by atoms with Gasteiger partial charge in [0, 0.05) is 18.7 Å². The molecule has 0 saturated heterocycles. The van der Waals surface area contributed by atoms with Crippen LogP contribution in [0.5, 0.6) is 0 Å². The molecule has 0 aromatic carbocycles. The van der Waals surface area contributed by atoms with E-state index in [1.165, 1.54) is 6.92 Å². The number of carbonyl (C=O) groups is 2. The zero-order chi connectivity index (χ0) is 13.4. The minimum Gasteiger partial charge on any atom is -0.478 e. The zero-order valence-electron chi connectivity index (χ0n) is 10.9. The average molecular weight is 242 g/mol. The molecule has 0 fully saturated rings. The Morgan fingerprint density at radius 3 is 2.35 bits per heavy atom. The summed E-state index contributed by atoms with van der Waals surface area (Å²) in [6.45, 7) is 8.34. The van der Waals surface area contributed by atoms with E-state index >= 15 is 0 Å². The highest BCUT2D eigenvalue weighted by Gasteiger charge is 2.11. The molecule has 0 bridgehead atoms. The Bertz CT molecular complexity index is 298. The van der Waals surface area contributed by atoms with Crippen molar-refractivity contribution in [3.05, 3.63) is 11.6 Å². The quantitative estimate of drug-likeness (QED) is 0.576. The smallest absolute Gasteiger partial charge is 0.330 e. The average Bonchev–Trinajstić information content (AvgIpc) is 2.25. The summed E-state index contributed by atoms with van der Waals surface area (Å²) in [6.07, 6.45) is 1.55. The molecule has 0 heterocycles. The summed E-state index contributed by atoms with van der Waals surface area (Å²) < 4.78 is 0. The summed E-state index contributed by atoms with van der Waals surface area (Å²) in [5.74, 6) is -0.593. The molecular weight excluding hydrogens is 220 g/mol. The molecule has 0 rings (SSSR count). The van der Waals surface area contributed by atoms with Gasteiger partial charge in [-0.25, -0.2) is 4.79 Å². The molecule has 0 aromatic heterocycles. The molecule has 0 aliphatic rings. The van der Waals surface area contributed by atoms with Gasteiger partial charge >= 0.3 is 5.97 Å². The highest BCUT2D eigenvalue weighted by atomic mass is 16.4. The van der Waals surface area contributed by atoms with Crippen LogP contribution in [0, 0.1) is 5.92 Å². The summed E-state index contributed by atoms with van der Waals surface area (Å²) in [6, 6.07) is -0.327. The number of hydrogen-bond donors (Lipinski definition) is 3. The van der Waals surface area contributed by atoms with E-state index in [4.69, 9.17) is 5.11 Å². The third-order valence-electron chi connectivity index (χ3n) is 2.25. The Kier molecular flexibility index (Phi) is 7.21. The SMILES string of the molecule is C/C(=C/CNC(C)C(=O)NCC(C)C)C(=O)O. The summed E-state index contributed by atoms with van der Waals surface area (Å²) in [5, 5.41) is 14.4.